The van der Waals surface area contributed by atoms with E-state index in [1.54, 1.807) is 0 Å². The van der Waals surface area contributed by atoms with Gasteiger partial charge in [-0.2, -0.15) is 0 Å². The molecule has 0 unspecified atom stereocenters. The first-order chi connectivity index (χ1) is 6.81. The van der Waals surface area contributed by atoms with Gasteiger partial charge in [0.2, 0.25) is 0 Å². The van der Waals surface area contributed by atoms with Crippen molar-refractivity contribution in [2.24, 2.45) is 0 Å². The SMILES string of the molecule is CCc1[nH]c(C)nc1-c1ccccc1. The van der Waals surface area contributed by atoms with E-state index in [-0.39, 0.29) is 0 Å². The van der Waals surface area contributed by atoms with E-state index in [2.05, 4.69) is 29.0 Å². The predicted molar refractivity (Wildman–Crippen MR) is 58.1 cm³/mol. The van der Waals surface area contributed by atoms with Crippen molar-refractivity contribution in [1.82, 2.24) is 9.97 Å². The number of benzene rings is 1. The molecule has 0 amide bonds. The van der Waals surface area contributed by atoms with Crippen LogP contribution in [-0.4, -0.2) is 9.97 Å². The lowest BCUT2D eigenvalue weighted by Crippen LogP contribution is -1.84. The molecule has 2 nitrogen and oxygen atoms in total. The molecule has 0 aliphatic heterocycles. The molecule has 0 aliphatic carbocycles. The minimum Gasteiger partial charge on any atom is -0.346 e. The van der Waals surface area contributed by atoms with Gasteiger partial charge in [-0.15, -0.1) is 0 Å². The Hall–Kier alpha value is -1.57. The molecule has 1 N–H and O–H groups in total. The van der Waals surface area contributed by atoms with Crippen molar-refractivity contribution in [3.05, 3.63) is 41.9 Å². The van der Waals surface area contributed by atoms with Gasteiger partial charge in [0, 0.05) is 11.3 Å². The summed E-state index contributed by atoms with van der Waals surface area (Å²) in [5, 5.41) is 0. The van der Waals surface area contributed by atoms with Gasteiger partial charge in [0.25, 0.3) is 0 Å². The van der Waals surface area contributed by atoms with Gasteiger partial charge in [0.05, 0.1) is 5.69 Å². The zero-order valence-corrected chi connectivity index (χ0v) is 8.54. The van der Waals surface area contributed by atoms with E-state index in [4.69, 9.17) is 0 Å². The minimum absolute atomic E-state index is 0.987. The normalized spacial score (nSPS) is 10.4. The molecule has 0 saturated heterocycles. The van der Waals surface area contributed by atoms with Crippen molar-refractivity contribution in [3.63, 3.8) is 0 Å². The Bertz CT molecular complexity index is 415. The Morgan fingerprint density at radius 1 is 1.21 bits per heavy atom. The molecule has 1 heterocycles. The summed E-state index contributed by atoms with van der Waals surface area (Å²) in [6, 6.07) is 10.3. The second-order valence-corrected chi connectivity index (χ2v) is 3.37. The summed E-state index contributed by atoms with van der Waals surface area (Å²) in [6.07, 6.45) is 0.991. The largest absolute Gasteiger partial charge is 0.346 e. The summed E-state index contributed by atoms with van der Waals surface area (Å²) in [6.45, 7) is 4.13. The molecule has 0 saturated carbocycles. The van der Waals surface area contributed by atoms with Crippen molar-refractivity contribution in [3.8, 4) is 11.3 Å². The van der Waals surface area contributed by atoms with Crippen LogP contribution in [0.15, 0.2) is 30.3 Å². The highest BCUT2D eigenvalue weighted by Crippen LogP contribution is 2.21. The van der Waals surface area contributed by atoms with Crippen molar-refractivity contribution >= 4 is 0 Å². The van der Waals surface area contributed by atoms with Crippen molar-refractivity contribution in [2.45, 2.75) is 20.3 Å². The fourth-order valence-electron chi connectivity index (χ4n) is 1.63. The Balaban J connectivity index is 2.51. The maximum Gasteiger partial charge on any atom is 0.103 e. The predicted octanol–water partition coefficient (Wildman–Crippen LogP) is 2.95. The number of hydrogen-bond donors (Lipinski definition) is 1. The molecular formula is C12H14N2. The van der Waals surface area contributed by atoms with E-state index in [0.29, 0.717) is 0 Å². The lowest BCUT2D eigenvalue weighted by atomic mass is 10.1. The lowest BCUT2D eigenvalue weighted by molar-refractivity contribution is 1.04. The molecule has 2 heteroatoms. The van der Waals surface area contributed by atoms with Crippen LogP contribution in [0.3, 0.4) is 0 Å². The molecule has 72 valence electrons. The average molecular weight is 186 g/mol. The summed E-state index contributed by atoms with van der Waals surface area (Å²) >= 11 is 0. The molecule has 0 bridgehead atoms. The van der Waals surface area contributed by atoms with Crippen LogP contribution in [0.4, 0.5) is 0 Å². The van der Waals surface area contributed by atoms with Crippen LogP contribution in [0.25, 0.3) is 11.3 Å². The fraction of sp³-hybridized carbons (Fsp3) is 0.250. The second kappa shape index (κ2) is 3.66. The number of nitrogens with one attached hydrogen (secondary N) is 1. The van der Waals surface area contributed by atoms with Gasteiger partial charge in [-0.25, -0.2) is 4.98 Å². The Morgan fingerprint density at radius 3 is 2.57 bits per heavy atom. The quantitative estimate of drug-likeness (QED) is 0.767. The van der Waals surface area contributed by atoms with Crippen LogP contribution >= 0.6 is 0 Å². The van der Waals surface area contributed by atoms with Crippen LogP contribution in [-0.2, 0) is 6.42 Å². The minimum atomic E-state index is 0.987. The van der Waals surface area contributed by atoms with Gasteiger partial charge in [-0.3, -0.25) is 0 Å². The number of hydrogen-bond acceptors (Lipinski definition) is 1. The number of aryl methyl sites for hydroxylation is 2. The van der Waals surface area contributed by atoms with Crippen molar-refractivity contribution < 1.29 is 0 Å². The van der Waals surface area contributed by atoms with Crippen LogP contribution in [0, 0.1) is 6.92 Å². The molecular weight excluding hydrogens is 172 g/mol. The number of rotatable bonds is 2. The summed E-state index contributed by atoms with van der Waals surface area (Å²) in [4.78, 5) is 7.78. The number of imidazole rings is 1. The summed E-state index contributed by atoms with van der Waals surface area (Å²) in [7, 11) is 0. The number of nitrogens with zero attached hydrogens (tertiary/aromatic N) is 1. The van der Waals surface area contributed by atoms with Gasteiger partial charge in [-0.1, -0.05) is 37.3 Å². The number of H-pyrrole nitrogens is 1. The molecule has 14 heavy (non-hydrogen) atoms. The van der Waals surface area contributed by atoms with Crippen molar-refractivity contribution in [2.75, 3.05) is 0 Å². The lowest BCUT2D eigenvalue weighted by Gasteiger charge is -1.98. The van der Waals surface area contributed by atoms with Crippen LogP contribution < -0.4 is 0 Å². The smallest absolute Gasteiger partial charge is 0.103 e. The van der Waals surface area contributed by atoms with Crippen LogP contribution in [0.5, 0.6) is 0 Å². The van der Waals surface area contributed by atoms with E-state index in [1.807, 2.05) is 25.1 Å². The third-order valence-corrected chi connectivity index (χ3v) is 2.30. The molecule has 1 aromatic carbocycles. The molecule has 2 aromatic rings. The van der Waals surface area contributed by atoms with Gasteiger partial charge < -0.3 is 4.98 Å². The van der Waals surface area contributed by atoms with Gasteiger partial charge in [-0.05, 0) is 13.3 Å². The van der Waals surface area contributed by atoms with Crippen LogP contribution in [0.2, 0.25) is 0 Å². The molecule has 0 atom stereocenters. The Kier molecular flexibility index (Phi) is 2.35. The zero-order valence-electron chi connectivity index (χ0n) is 8.54. The number of aromatic amines is 1. The van der Waals surface area contributed by atoms with E-state index < -0.39 is 0 Å². The fourth-order valence-corrected chi connectivity index (χ4v) is 1.63. The van der Waals surface area contributed by atoms with Gasteiger partial charge in [0.1, 0.15) is 5.82 Å². The highest BCUT2D eigenvalue weighted by Gasteiger charge is 2.07. The van der Waals surface area contributed by atoms with E-state index in [0.717, 1.165) is 17.9 Å². The highest BCUT2D eigenvalue weighted by molar-refractivity contribution is 5.61. The standard InChI is InChI=1S/C12H14N2/c1-3-11-12(14-9(2)13-11)10-7-5-4-6-8-10/h4-8H,3H2,1-2H3,(H,13,14). The highest BCUT2D eigenvalue weighted by atomic mass is 14.9. The molecule has 0 radical (unpaired) electrons. The van der Waals surface area contributed by atoms with Crippen molar-refractivity contribution in [1.29, 1.82) is 0 Å². The molecule has 0 aliphatic rings. The maximum atomic E-state index is 4.50. The Labute approximate surface area is 84.0 Å². The summed E-state index contributed by atoms with van der Waals surface area (Å²) < 4.78 is 0. The first-order valence-electron chi connectivity index (χ1n) is 4.92. The second-order valence-electron chi connectivity index (χ2n) is 3.37. The van der Waals surface area contributed by atoms with E-state index in [9.17, 15) is 0 Å². The number of aromatic nitrogens is 2. The maximum absolute atomic E-state index is 4.50. The topological polar surface area (TPSA) is 28.7 Å². The van der Waals surface area contributed by atoms with E-state index in [1.165, 1.54) is 11.3 Å². The van der Waals surface area contributed by atoms with Gasteiger partial charge >= 0.3 is 0 Å². The first kappa shape index (κ1) is 9.00. The van der Waals surface area contributed by atoms with Gasteiger partial charge in [0.15, 0.2) is 0 Å². The first-order valence-corrected chi connectivity index (χ1v) is 4.92. The summed E-state index contributed by atoms with van der Waals surface area (Å²) in [5.74, 6) is 0.987. The summed E-state index contributed by atoms with van der Waals surface area (Å²) in [5.41, 5.74) is 3.49. The molecule has 0 fully saturated rings. The van der Waals surface area contributed by atoms with E-state index >= 15 is 0 Å². The molecule has 1 aromatic heterocycles. The zero-order chi connectivity index (χ0) is 9.97. The third-order valence-electron chi connectivity index (χ3n) is 2.30. The van der Waals surface area contributed by atoms with Crippen LogP contribution in [0.1, 0.15) is 18.4 Å². The molecule has 0 spiro atoms. The monoisotopic (exact) mass is 186 g/mol. The average Bonchev–Trinajstić information content (AvgIpc) is 2.61. The third kappa shape index (κ3) is 1.55. The molecule has 2 rings (SSSR count). The Morgan fingerprint density at radius 2 is 1.93 bits per heavy atom.